The molecule has 2 aromatic rings. The van der Waals surface area contributed by atoms with Gasteiger partial charge in [0.25, 0.3) is 5.91 Å². The van der Waals surface area contributed by atoms with Crippen molar-refractivity contribution in [2.24, 2.45) is 0 Å². The van der Waals surface area contributed by atoms with E-state index in [1.807, 2.05) is 36.6 Å². The molecule has 4 nitrogen and oxygen atoms in total. The first kappa shape index (κ1) is 18.5. The summed E-state index contributed by atoms with van der Waals surface area (Å²) in [7, 11) is 0. The Bertz CT molecular complexity index is 561. The van der Waals surface area contributed by atoms with Crippen LogP contribution in [0, 0.1) is 0 Å². The zero-order chi connectivity index (χ0) is 14.9. The van der Waals surface area contributed by atoms with Gasteiger partial charge in [0.1, 0.15) is 12.4 Å². The first-order chi connectivity index (χ1) is 10.3. The number of hydrogen-bond acceptors (Lipinski definition) is 4. The number of rotatable bonds is 8. The number of hydrogen-bond donors (Lipinski definition) is 2. The average Bonchev–Trinajstić information content (AvgIpc) is 3.03. The third-order valence-corrected chi connectivity index (χ3v) is 3.74. The van der Waals surface area contributed by atoms with Crippen LogP contribution in [0.5, 0.6) is 5.75 Å². The highest BCUT2D eigenvalue weighted by Crippen LogP contribution is 2.17. The zero-order valence-electron chi connectivity index (χ0n) is 12.5. The summed E-state index contributed by atoms with van der Waals surface area (Å²) < 4.78 is 5.70. The summed E-state index contributed by atoms with van der Waals surface area (Å²) >= 11 is 1.66. The van der Waals surface area contributed by atoms with Gasteiger partial charge in [-0.15, -0.1) is 23.7 Å². The molecule has 0 unspecified atom stereocenters. The van der Waals surface area contributed by atoms with Crippen molar-refractivity contribution in [2.75, 3.05) is 19.6 Å². The molecule has 120 valence electrons. The molecule has 2 rings (SSSR count). The van der Waals surface area contributed by atoms with E-state index in [-0.39, 0.29) is 18.3 Å². The maximum absolute atomic E-state index is 12.0. The Morgan fingerprint density at radius 2 is 2.09 bits per heavy atom. The summed E-state index contributed by atoms with van der Waals surface area (Å²) in [6, 6.07) is 11.3. The van der Waals surface area contributed by atoms with Crippen molar-refractivity contribution in [2.45, 2.75) is 13.5 Å². The fourth-order valence-corrected chi connectivity index (χ4v) is 2.44. The highest BCUT2D eigenvalue weighted by Gasteiger charge is 2.06. The van der Waals surface area contributed by atoms with Gasteiger partial charge >= 0.3 is 0 Å². The second-order valence-corrected chi connectivity index (χ2v) is 5.54. The van der Waals surface area contributed by atoms with Gasteiger partial charge in [-0.05, 0) is 36.2 Å². The molecule has 0 radical (unpaired) electrons. The maximum atomic E-state index is 12.0. The molecule has 1 amide bonds. The monoisotopic (exact) mass is 340 g/mol. The quantitative estimate of drug-likeness (QED) is 0.726. The largest absolute Gasteiger partial charge is 0.488 e. The van der Waals surface area contributed by atoms with Gasteiger partial charge in [-0.25, -0.2) is 0 Å². The number of likely N-dealkylation sites (N-methyl/N-ethyl adjacent to an activating group) is 1. The summed E-state index contributed by atoms with van der Waals surface area (Å²) in [4.78, 5) is 13.2. The van der Waals surface area contributed by atoms with Crippen molar-refractivity contribution in [1.82, 2.24) is 10.6 Å². The van der Waals surface area contributed by atoms with Gasteiger partial charge in [0.05, 0.1) is 0 Å². The number of benzene rings is 1. The van der Waals surface area contributed by atoms with Crippen LogP contribution >= 0.6 is 23.7 Å². The Balaban J connectivity index is 0.00000242. The van der Waals surface area contributed by atoms with Gasteiger partial charge < -0.3 is 15.4 Å². The molecule has 0 saturated carbocycles. The van der Waals surface area contributed by atoms with E-state index in [0.29, 0.717) is 24.5 Å². The van der Waals surface area contributed by atoms with Crippen LogP contribution in [0.1, 0.15) is 22.2 Å². The second-order valence-electron chi connectivity index (χ2n) is 4.51. The molecule has 0 fully saturated rings. The number of thiophene rings is 1. The molecule has 0 atom stereocenters. The Hall–Kier alpha value is -1.56. The van der Waals surface area contributed by atoms with Gasteiger partial charge in [0, 0.05) is 23.5 Å². The number of nitrogens with one attached hydrogen (secondary N) is 2. The fraction of sp³-hybridized carbons (Fsp3) is 0.312. The zero-order valence-corrected chi connectivity index (χ0v) is 14.1. The van der Waals surface area contributed by atoms with Gasteiger partial charge in [-0.3, -0.25) is 4.79 Å². The molecule has 0 aliphatic carbocycles. The third kappa shape index (κ3) is 6.05. The molecule has 1 aromatic carbocycles. The lowest BCUT2D eigenvalue weighted by atomic mass is 10.2. The van der Waals surface area contributed by atoms with Crippen LogP contribution < -0.4 is 15.4 Å². The van der Waals surface area contributed by atoms with Crippen LogP contribution in [-0.2, 0) is 6.61 Å². The van der Waals surface area contributed by atoms with Crippen LogP contribution in [0.4, 0.5) is 0 Å². The van der Waals surface area contributed by atoms with Gasteiger partial charge in [-0.2, -0.15) is 0 Å². The van der Waals surface area contributed by atoms with Gasteiger partial charge in [-0.1, -0.05) is 19.1 Å². The molecule has 0 spiro atoms. The van der Waals surface area contributed by atoms with Crippen molar-refractivity contribution in [3.8, 4) is 5.75 Å². The summed E-state index contributed by atoms with van der Waals surface area (Å²) in [5, 5.41) is 8.06. The molecule has 2 N–H and O–H groups in total. The van der Waals surface area contributed by atoms with E-state index in [1.54, 1.807) is 23.5 Å². The molecule has 22 heavy (non-hydrogen) atoms. The summed E-state index contributed by atoms with van der Waals surface area (Å²) in [6.07, 6.45) is 0. The standard InChI is InChI=1S/C16H20N2O2S.ClH/c1-2-17-8-9-18-16(19)13-5-3-6-14(11-13)20-12-15-7-4-10-21-15;/h3-7,10-11,17H,2,8-9,12H2,1H3,(H,18,19);1H. The topological polar surface area (TPSA) is 50.4 Å². The average molecular weight is 341 g/mol. The Morgan fingerprint density at radius 1 is 1.23 bits per heavy atom. The minimum absolute atomic E-state index is 0. The molecular formula is C16H21ClN2O2S. The maximum Gasteiger partial charge on any atom is 0.251 e. The van der Waals surface area contributed by atoms with Gasteiger partial charge in [0.2, 0.25) is 0 Å². The lowest BCUT2D eigenvalue weighted by Gasteiger charge is -2.08. The van der Waals surface area contributed by atoms with Crippen molar-refractivity contribution in [3.63, 3.8) is 0 Å². The highest BCUT2D eigenvalue weighted by molar-refractivity contribution is 7.09. The highest BCUT2D eigenvalue weighted by atomic mass is 35.5. The normalized spacial score (nSPS) is 9.86. The molecule has 0 saturated heterocycles. The first-order valence-corrected chi connectivity index (χ1v) is 7.91. The smallest absolute Gasteiger partial charge is 0.251 e. The van der Waals surface area contributed by atoms with E-state index in [2.05, 4.69) is 10.6 Å². The molecule has 0 aliphatic heterocycles. The van der Waals surface area contributed by atoms with Crippen molar-refractivity contribution >= 4 is 29.7 Å². The number of carbonyl (C=O) groups excluding carboxylic acids is 1. The lowest BCUT2D eigenvalue weighted by molar-refractivity contribution is 0.0953. The fourth-order valence-electron chi connectivity index (χ4n) is 1.82. The predicted molar refractivity (Wildman–Crippen MR) is 93.2 cm³/mol. The van der Waals surface area contributed by atoms with Crippen LogP contribution in [0.25, 0.3) is 0 Å². The van der Waals surface area contributed by atoms with E-state index < -0.39 is 0 Å². The predicted octanol–water partition coefficient (Wildman–Crippen LogP) is 3.09. The Morgan fingerprint density at radius 3 is 2.82 bits per heavy atom. The summed E-state index contributed by atoms with van der Waals surface area (Å²) in [5.41, 5.74) is 0.621. The molecule has 0 bridgehead atoms. The van der Waals surface area contributed by atoms with Gasteiger partial charge in [0.15, 0.2) is 0 Å². The molecule has 0 aliphatic rings. The SMILES string of the molecule is CCNCCNC(=O)c1cccc(OCc2cccs2)c1.Cl. The second kappa shape index (κ2) is 10.2. The third-order valence-electron chi connectivity index (χ3n) is 2.89. The van der Waals surface area contributed by atoms with E-state index >= 15 is 0 Å². The summed E-state index contributed by atoms with van der Waals surface area (Å²) in [6.45, 7) is 4.87. The van der Waals surface area contributed by atoms with Crippen molar-refractivity contribution < 1.29 is 9.53 Å². The minimum Gasteiger partial charge on any atom is -0.488 e. The Labute approximate surface area is 141 Å². The van der Waals surface area contributed by atoms with Crippen LogP contribution in [0.3, 0.4) is 0 Å². The Kier molecular flexibility index (Phi) is 8.58. The number of amides is 1. The van der Waals surface area contributed by atoms with E-state index in [1.165, 1.54) is 0 Å². The van der Waals surface area contributed by atoms with E-state index in [9.17, 15) is 4.79 Å². The lowest BCUT2D eigenvalue weighted by Crippen LogP contribution is -2.31. The molecule has 1 aromatic heterocycles. The first-order valence-electron chi connectivity index (χ1n) is 7.03. The number of halogens is 1. The van der Waals surface area contributed by atoms with Crippen molar-refractivity contribution in [3.05, 3.63) is 52.2 Å². The number of ether oxygens (including phenoxy) is 1. The molecule has 1 heterocycles. The minimum atomic E-state index is -0.0746. The number of carbonyl (C=O) groups is 1. The molecule has 6 heteroatoms. The van der Waals surface area contributed by atoms with E-state index in [4.69, 9.17) is 4.74 Å². The van der Waals surface area contributed by atoms with Crippen LogP contribution in [0.2, 0.25) is 0 Å². The molecular weight excluding hydrogens is 320 g/mol. The summed E-state index contributed by atoms with van der Waals surface area (Å²) in [5.74, 6) is 0.636. The van der Waals surface area contributed by atoms with E-state index in [0.717, 1.165) is 18.0 Å². The van der Waals surface area contributed by atoms with Crippen LogP contribution in [0.15, 0.2) is 41.8 Å². The van der Waals surface area contributed by atoms with Crippen molar-refractivity contribution in [1.29, 1.82) is 0 Å². The van der Waals surface area contributed by atoms with Crippen LogP contribution in [-0.4, -0.2) is 25.5 Å².